The molecular weight excluding hydrogens is 278 g/mol. The van der Waals surface area contributed by atoms with Gasteiger partial charge in [-0.15, -0.1) is 0 Å². The first kappa shape index (κ1) is 14.1. The molecule has 0 spiro atoms. The molecule has 6 nitrogen and oxygen atoms in total. The maximum absolute atomic E-state index is 12.1. The van der Waals surface area contributed by atoms with Crippen LogP contribution >= 0.6 is 0 Å². The molecule has 0 saturated carbocycles. The standard InChI is InChI=1S/C13H13N3O3S/c14-12-9-15-7-5-13(12)20(19)8-6-10-1-3-11(4-2-10)16(17)18/h1-5,7,9H,6,8,14H2. The van der Waals surface area contributed by atoms with E-state index >= 15 is 0 Å². The SMILES string of the molecule is Nc1cnccc1S(=O)CCc1ccc([N+](=O)[O-])cc1. The average molecular weight is 291 g/mol. The molecule has 2 N–H and O–H groups in total. The number of rotatable bonds is 5. The highest BCUT2D eigenvalue weighted by Crippen LogP contribution is 2.16. The van der Waals surface area contributed by atoms with Crippen LogP contribution in [0, 0.1) is 10.1 Å². The van der Waals surface area contributed by atoms with E-state index in [9.17, 15) is 14.3 Å². The first-order chi connectivity index (χ1) is 9.58. The van der Waals surface area contributed by atoms with Crippen molar-refractivity contribution in [3.63, 3.8) is 0 Å². The van der Waals surface area contributed by atoms with Gasteiger partial charge in [-0.3, -0.25) is 19.3 Å². The number of hydrogen-bond acceptors (Lipinski definition) is 5. The Hall–Kier alpha value is -2.28. The van der Waals surface area contributed by atoms with Crippen molar-refractivity contribution in [3.05, 3.63) is 58.4 Å². The number of benzene rings is 1. The molecule has 1 aromatic heterocycles. The molecule has 2 rings (SSSR count). The van der Waals surface area contributed by atoms with E-state index in [2.05, 4.69) is 4.98 Å². The molecule has 1 aromatic carbocycles. The zero-order valence-corrected chi connectivity index (χ0v) is 11.4. The number of hydrogen-bond donors (Lipinski definition) is 1. The van der Waals surface area contributed by atoms with Crippen LogP contribution in [0.5, 0.6) is 0 Å². The minimum Gasteiger partial charge on any atom is -0.396 e. The highest BCUT2D eigenvalue weighted by Gasteiger charge is 2.09. The highest BCUT2D eigenvalue weighted by atomic mass is 32.2. The first-order valence-corrected chi connectivity index (χ1v) is 7.21. The molecule has 20 heavy (non-hydrogen) atoms. The normalized spacial score (nSPS) is 12.0. The summed E-state index contributed by atoms with van der Waals surface area (Å²) in [5, 5.41) is 10.5. The molecule has 1 atom stereocenters. The average Bonchev–Trinajstić information content (AvgIpc) is 2.45. The van der Waals surface area contributed by atoms with E-state index in [0.29, 0.717) is 22.8 Å². The fraction of sp³-hybridized carbons (Fsp3) is 0.154. The van der Waals surface area contributed by atoms with Crippen molar-refractivity contribution in [2.45, 2.75) is 11.3 Å². The Labute approximate surface area is 118 Å². The van der Waals surface area contributed by atoms with Crippen molar-refractivity contribution in [2.24, 2.45) is 0 Å². The summed E-state index contributed by atoms with van der Waals surface area (Å²) < 4.78 is 12.1. The Morgan fingerprint density at radius 3 is 2.55 bits per heavy atom. The first-order valence-electron chi connectivity index (χ1n) is 5.89. The number of nitrogens with two attached hydrogens (primary N) is 1. The van der Waals surface area contributed by atoms with Gasteiger partial charge < -0.3 is 5.73 Å². The lowest BCUT2D eigenvalue weighted by Crippen LogP contribution is -2.05. The number of nitro groups is 1. The zero-order valence-electron chi connectivity index (χ0n) is 10.6. The zero-order chi connectivity index (χ0) is 14.5. The van der Waals surface area contributed by atoms with Crippen molar-refractivity contribution in [1.29, 1.82) is 0 Å². The van der Waals surface area contributed by atoms with E-state index in [1.165, 1.54) is 18.3 Å². The monoisotopic (exact) mass is 291 g/mol. The molecule has 2 aromatic rings. The second-order valence-corrected chi connectivity index (χ2v) is 5.68. The molecule has 0 saturated heterocycles. The van der Waals surface area contributed by atoms with E-state index < -0.39 is 15.7 Å². The van der Waals surface area contributed by atoms with E-state index in [-0.39, 0.29) is 5.69 Å². The van der Waals surface area contributed by atoms with E-state index in [1.807, 2.05) is 0 Å². The number of pyridine rings is 1. The number of nitrogens with zero attached hydrogens (tertiary/aromatic N) is 2. The molecule has 1 heterocycles. The molecule has 7 heteroatoms. The molecule has 0 fully saturated rings. The van der Waals surface area contributed by atoms with Crippen molar-refractivity contribution < 1.29 is 9.13 Å². The largest absolute Gasteiger partial charge is 0.396 e. The van der Waals surface area contributed by atoms with Gasteiger partial charge in [0, 0.05) is 24.1 Å². The van der Waals surface area contributed by atoms with Gasteiger partial charge in [-0.05, 0) is 18.1 Å². The lowest BCUT2D eigenvalue weighted by atomic mass is 10.1. The van der Waals surface area contributed by atoms with Crippen LogP contribution < -0.4 is 5.73 Å². The minimum absolute atomic E-state index is 0.0493. The highest BCUT2D eigenvalue weighted by molar-refractivity contribution is 7.85. The van der Waals surface area contributed by atoms with Crippen LogP contribution in [0.4, 0.5) is 11.4 Å². The molecule has 104 valence electrons. The van der Waals surface area contributed by atoms with Crippen LogP contribution in [0.3, 0.4) is 0 Å². The molecular formula is C13H13N3O3S. The third-order valence-corrected chi connectivity index (χ3v) is 4.22. The van der Waals surface area contributed by atoms with E-state index in [1.54, 1.807) is 24.4 Å². The molecule has 0 aliphatic carbocycles. The van der Waals surface area contributed by atoms with Crippen molar-refractivity contribution >= 4 is 22.2 Å². The number of nitrogen functional groups attached to an aromatic ring is 1. The number of anilines is 1. The second kappa shape index (κ2) is 6.25. The van der Waals surface area contributed by atoms with Gasteiger partial charge in [0.25, 0.3) is 5.69 Å². The Kier molecular flexibility index (Phi) is 4.41. The van der Waals surface area contributed by atoms with Gasteiger partial charge in [0.05, 0.1) is 32.5 Å². The maximum Gasteiger partial charge on any atom is 0.269 e. The van der Waals surface area contributed by atoms with Crippen LogP contribution in [-0.4, -0.2) is 19.9 Å². The Morgan fingerprint density at radius 1 is 1.25 bits per heavy atom. The summed E-state index contributed by atoms with van der Waals surface area (Å²) in [4.78, 5) is 14.5. The van der Waals surface area contributed by atoms with E-state index in [0.717, 1.165) is 5.56 Å². The number of aromatic nitrogens is 1. The molecule has 1 unspecified atom stereocenters. The molecule has 0 radical (unpaired) electrons. The third kappa shape index (κ3) is 3.39. The fourth-order valence-electron chi connectivity index (χ4n) is 1.71. The minimum atomic E-state index is -1.21. The summed E-state index contributed by atoms with van der Waals surface area (Å²) in [5.41, 5.74) is 7.07. The molecule has 0 bridgehead atoms. The Bertz CT molecular complexity index is 644. The number of aryl methyl sites for hydroxylation is 1. The summed E-state index contributed by atoms with van der Waals surface area (Å²) in [6, 6.07) is 7.87. The van der Waals surface area contributed by atoms with Gasteiger partial charge in [0.15, 0.2) is 0 Å². The van der Waals surface area contributed by atoms with Crippen LogP contribution in [0.25, 0.3) is 0 Å². The Balaban J connectivity index is 2.00. The Morgan fingerprint density at radius 2 is 1.95 bits per heavy atom. The van der Waals surface area contributed by atoms with Crippen molar-refractivity contribution in [3.8, 4) is 0 Å². The van der Waals surface area contributed by atoms with Crippen molar-refractivity contribution in [2.75, 3.05) is 11.5 Å². The van der Waals surface area contributed by atoms with Crippen LogP contribution in [-0.2, 0) is 17.2 Å². The van der Waals surface area contributed by atoms with Crippen molar-refractivity contribution in [1.82, 2.24) is 4.98 Å². The summed E-state index contributed by atoms with van der Waals surface area (Å²) in [5.74, 6) is 0.409. The molecule has 0 amide bonds. The summed E-state index contributed by atoms with van der Waals surface area (Å²) in [7, 11) is -1.21. The topological polar surface area (TPSA) is 99.1 Å². The predicted octanol–water partition coefficient (Wildman–Crippen LogP) is 1.92. The van der Waals surface area contributed by atoms with Gasteiger partial charge in [-0.25, -0.2) is 0 Å². The van der Waals surface area contributed by atoms with Crippen LogP contribution in [0.15, 0.2) is 47.6 Å². The van der Waals surface area contributed by atoms with Crippen LogP contribution in [0.2, 0.25) is 0 Å². The second-order valence-electron chi connectivity index (χ2n) is 4.14. The molecule has 0 aliphatic rings. The van der Waals surface area contributed by atoms with Gasteiger partial charge >= 0.3 is 0 Å². The third-order valence-electron chi connectivity index (χ3n) is 2.78. The number of non-ortho nitro benzene ring substituents is 1. The number of nitro benzene ring substituents is 1. The fourth-order valence-corrected chi connectivity index (χ4v) is 2.88. The smallest absolute Gasteiger partial charge is 0.269 e. The maximum atomic E-state index is 12.1. The van der Waals surface area contributed by atoms with Gasteiger partial charge in [0.2, 0.25) is 0 Å². The van der Waals surface area contributed by atoms with Crippen LogP contribution in [0.1, 0.15) is 5.56 Å². The van der Waals surface area contributed by atoms with Gasteiger partial charge in [-0.2, -0.15) is 0 Å². The summed E-state index contributed by atoms with van der Waals surface area (Å²) >= 11 is 0. The van der Waals surface area contributed by atoms with E-state index in [4.69, 9.17) is 5.73 Å². The quantitative estimate of drug-likeness (QED) is 0.670. The molecule has 0 aliphatic heterocycles. The van der Waals surface area contributed by atoms with Gasteiger partial charge in [0.1, 0.15) is 0 Å². The predicted molar refractivity (Wildman–Crippen MR) is 76.7 cm³/mol. The van der Waals surface area contributed by atoms with Gasteiger partial charge in [-0.1, -0.05) is 12.1 Å². The lowest BCUT2D eigenvalue weighted by Gasteiger charge is -2.05. The lowest BCUT2D eigenvalue weighted by molar-refractivity contribution is -0.384. The summed E-state index contributed by atoms with van der Waals surface area (Å²) in [6.45, 7) is 0. The summed E-state index contributed by atoms with van der Waals surface area (Å²) in [6.07, 6.45) is 3.58.